The molecular weight excluding hydrogens is 266 g/mol. The van der Waals surface area contributed by atoms with Crippen LogP contribution in [0.25, 0.3) is 0 Å². The lowest BCUT2D eigenvalue weighted by Crippen LogP contribution is -2.28. The summed E-state index contributed by atoms with van der Waals surface area (Å²) >= 11 is 1.37. The minimum atomic E-state index is -3.55. The molecule has 1 aromatic rings. The van der Waals surface area contributed by atoms with Gasteiger partial charge in [0, 0.05) is 22.1 Å². The van der Waals surface area contributed by atoms with Gasteiger partial charge in [0.1, 0.15) is 4.21 Å². The molecule has 0 spiro atoms. The van der Waals surface area contributed by atoms with Crippen molar-refractivity contribution in [2.24, 2.45) is 0 Å². The van der Waals surface area contributed by atoms with E-state index >= 15 is 0 Å². The van der Waals surface area contributed by atoms with Crippen LogP contribution >= 0.6 is 22.0 Å². The van der Waals surface area contributed by atoms with Crippen molar-refractivity contribution >= 4 is 31.1 Å². The fourth-order valence-corrected chi connectivity index (χ4v) is 5.04. The molecular formula is C10H12ClNO2S2. The molecule has 3 aliphatic heterocycles. The monoisotopic (exact) mass is 277 g/mol. The predicted molar refractivity (Wildman–Crippen MR) is 64.6 cm³/mol. The van der Waals surface area contributed by atoms with Gasteiger partial charge in [-0.2, -0.15) is 0 Å². The highest BCUT2D eigenvalue weighted by Crippen LogP contribution is 2.42. The number of halogens is 1. The number of hydrogen-bond acceptors (Lipinski definition) is 4. The van der Waals surface area contributed by atoms with Crippen molar-refractivity contribution in [3.63, 3.8) is 0 Å². The van der Waals surface area contributed by atoms with E-state index in [1.807, 2.05) is 0 Å². The third kappa shape index (κ3) is 1.79. The van der Waals surface area contributed by atoms with Crippen molar-refractivity contribution in [2.75, 3.05) is 13.1 Å². The minimum Gasteiger partial charge on any atom is -0.299 e. The fraction of sp³-hybridized carbons (Fsp3) is 0.600. The summed E-state index contributed by atoms with van der Waals surface area (Å²) in [5.41, 5.74) is 1.17. The summed E-state index contributed by atoms with van der Waals surface area (Å²) in [4.78, 5) is 3.64. The highest BCUT2D eigenvalue weighted by atomic mass is 35.7. The maximum Gasteiger partial charge on any atom is 0.270 e. The number of rotatable bonds is 1. The van der Waals surface area contributed by atoms with Gasteiger partial charge in [-0.1, -0.05) is 0 Å². The number of hydrogen-bond donors (Lipinski definition) is 0. The molecule has 1 aromatic heterocycles. The predicted octanol–water partition coefficient (Wildman–Crippen LogP) is 2.37. The highest BCUT2D eigenvalue weighted by molar-refractivity contribution is 8.15. The lowest BCUT2D eigenvalue weighted by molar-refractivity contribution is 0.221. The molecule has 88 valence electrons. The fourth-order valence-electron chi connectivity index (χ4n) is 2.60. The average Bonchev–Trinajstić information content (AvgIpc) is 2.50. The van der Waals surface area contributed by atoms with Crippen molar-refractivity contribution in [3.8, 4) is 0 Å². The van der Waals surface area contributed by atoms with Gasteiger partial charge in [0.05, 0.1) is 0 Å². The van der Waals surface area contributed by atoms with Gasteiger partial charge < -0.3 is 0 Å². The molecule has 2 bridgehead atoms. The largest absolute Gasteiger partial charge is 0.299 e. The first-order valence-corrected chi connectivity index (χ1v) is 8.46. The van der Waals surface area contributed by atoms with Gasteiger partial charge in [-0.05, 0) is 43.5 Å². The van der Waals surface area contributed by atoms with Crippen molar-refractivity contribution in [1.29, 1.82) is 0 Å². The normalized spacial score (nSPS) is 28.8. The first-order chi connectivity index (χ1) is 7.54. The van der Waals surface area contributed by atoms with Crippen molar-refractivity contribution < 1.29 is 8.42 Å². The molecule has 0 amide bonds. The summed E-state index contributed by atoms with van der Waals surface area (Å²) < 4.78 is 22.9. The molecule has 0 atom stereocenters. The standard InChI is InChI=1S/C10H12ClNO2S2/c11-16(13,14)9-5-8-6-12-3-1-7(2-4-12)10(8)15-9/h5,7H,1-4,6H2. The Kier molecular flexibility index (Phi) is 2.55. The Morgan fingerprint density at radius 3 is 2.69 bits per heavy atom. The number of thiophene rings is 1. The molecule has 4 rings (SSSR count). The van der Waals surface area contributed by atoms with Crippen molar-refractivity contribution in [3.05, 3.63) is 16.5 Å². The van der Waals surface area contributed by atoms with Crippen molar-refractivity contribution in [2.45, 2.75) is 29.5 Å². The molecule has 0 aliphatic carbocycles. The first-order valence-electron chi connectivity index (χ1n) is 5.33. The molecule has 6 heteroatoms. The SMILES string of the molecule is O=S(=O)(Cl)c1cc2c(s1)C1CCN(CC1)C2. The lowest BCUT2D eigenvalue weighted by Gasteiger charge is -2.26. The molecule has 3 nitrogen and oxygen atoms in total. The Bertz CT molecular complexity index is 515. The van der Waals surface area contributed by atoms with Gasteiger partial charge in [0.2, 0.25) is 0 Å². The Morgan fingerprint density at radius 1 is 1.38 bits per heavy atom. The quantitative estimate of drug-likeness (QED) is 0.740. The van der Waals surface area contributed by atoms with Crippen LogP contribution in [0.3, 0.4) is 0 Å². The summed E-state index contributed by atoms with van der Waals surface area (Å²) in [6.45, 7) is 3.15. The minimum absolute atomic E-state index is 0.313. The molecule has 1 saturated heterocycles. The molecule has 0 N–H and O–H groups in total. The van der Waals surface area contributed by atoms with Crippen LogP contribution in [0, 0.1) is 0 Å². The summed E-state index contributed by atoms with van der Waals surface area (Å²) in [6, 6.07) is 1.76. The zero-order valence-corrected chi connectivity index (χ0v) is 11.0. The number of nitrogens with zero attached hydrogens (tertiary/aromatic N) is 1. The van der Waals surface area contributed by atoms with Crippen LogP contribution in [-0.2, 0) is 15.6 Å². The van der Waals surface area contributed by atoms with E-state index in [1.165, 1.54) is 21.8 Å². The summed E-state index contributed by atoms with van der Waals surface area (Å²) in [7, 11) is 1.84. The Morgan fingerprint density at radius 2 is 2.06 bits per heavy atom. The van der Waals surface area contributed by atoms with Crippen LogP contribution in [0.1, 0.15) is 29.2 Å². The van der Waals surface area contributed by atoms with Gasteiger partial charge in [-0.3, -0.25) is 4.90 Å². The number of piperidine rings is 1. The van der Waals surface area contributed by atoms with Crippen LogP contribution in [0.5, 0.6) is 0 Å². The van der Waals surface area contributed by atoms with Gasteiger partial charge >= 0.3 is 0 Å². The van der Waals surface area contributed by atoms with Gasteiger partial charge in [0.15, 0.2) is 0 Å². The third-order valence-electron chi connectivity index (χ3n) is 3.41. The average molecular weight is 278 g/mol. The highest BCUT2D eigenvalue weighted by Gasteiger charge is 2.31. The van der Waals surface area contributed by atoms with Gasteiger partial charge in [0.25, 0.3) is 9.05 Å². The molecule has 1 fully saturated rings. The second-order valence-corrected chi connectivity index (χ2v) is 8.32. The van der Waals surface area contributed by atoms with Crippen molar-refractivity contribution in [1.82, 2.24) is 4.90 Å². The summed E-state index contributed by atoms with van der Waals surface area (Å²) in [5.74, 6) is 0.547. The van der Waals surface area contributed by atoms with Gasteiger partial charge in [-0.15, -0.1) is 11.3 Å². The first kappa shape index (κ1) is 11.0. The Labute approximate surface area is 103 Å². The van der Waals surface area contributed by atoms with Crippen LogP contribution in [0.2, 0.25) is 0 Å². The van der Waals surface area contributed by atoms with E-state index < -0.39 is 9.05 Å². The number of fused-ring (bicyclic) bond motifs is 2. The van der Waals surface area contributed by atoms with E-state index in [-0.39, 0.29) is 0 Å². The maximum absolute atomic E-state index is 11.3. The molecule has 0 unspecified atom stereocenters. The van der Waals surface area contributed by atoms with E-state index in [9.17, 15) is 8.42 Å². The lowest BCUT2D eigenvalue weighted by atomic mass is 9.96. The van der Waals surface area contributed by atoms with Crippen LogP contribution in [-0.4, -0.2) is 26.4 Å². The molecule has 16 heavy (non-hydrogen) atoms. The molecule has 0 aromatic carbocycles. The Hall–Kier alpha value is -0.100. The summed E-state index contributed by atoms with van der Waals surface area (Å²) in [5, 5.41) is 0. The van der Waals surface area contributed by atoms with E-state index in [0.29, 0.717) is 10.1 Å². The third-order valence-corrected chi connectivity index (χ3v) is 6.83. The second kappa shape index (κ2) is 3.70. The van der Waals surface area contributed by atoms with Crippen LogP contribution in [0.15, 0.2) is 10.3 Å². The zero-order valence-electron chi connectivity index (χ0n) is 8.65. The second-order valence-electron chi connectivity index (χ2n) is 4.44. The van der Waals surface area contributed by atoms with Crippen LogP contribution < -0.4 is 0 Å². The van der Waals surface area contributed by atoms with E-state index in [4.69, 9.17) is 10.7 Å². The van der Waals surface area contributed by atoms with E-state index in [0.717, 1.165) is 32.5 Å². The summed E-state index contributed by atoms with van der Waals surface area (Å²) in [6.07, 6.45) is 2.30. The smallest absolute Gasteiger partial charge is 0.270 e. The van der Waals surface area contributed by atoms with E-state index in [2.05, 4.69) is 4.90 Å². The Balaban J connectivity index is 2.09. The maximum atomic E-state index is 11.3. The molecule has 0 radical (unpaired) electrons. The molecule has 0 saturated carbocycles. The van der Waals surface area contributed by atoms with E-state index in [1.54, 1.807) is 6.07 Å². The van der Waals surface area contributed by atoms with Crippen LogP contribution in [0.4, 0.5) is 0 Å². The van der Waals surface area contributed by atoms with Gasteiger partial charge in [-0.25, -0.2) is 8.42 Å². The molecule has 3 aliphatic rings. The zero-order chi connectivity index (χ0) is 11.3. The molecule has 4 heterocycles. The topological polar surface area (TPSA) is 37.4 Å².